The summed E-state index contributed by atoms with van der Waals surface area (Å²) in [5.41, 5.74) is 7.41. The Morgan fingerprint density at radius 2 is 1.88 bits per heavy atom. The first-order valence-electron chi connectivity index (χ1n) is 7.50. The quantitative estimate of drug-likeness (QED) is 0.613. The van der Waals surface area contributed by atoms with Gasteiger partial charge in [0.25, 0.3) is 11.8 Å². The van der Waals surface area contributed by atoms with Gasteiger partial charge in [-0.1, -0.05) is 29.8 Å². The van der Waals surface area contributed by atoms with Gasteiger partial charge in [-0.3, -0.25) is 9.59 Å². The van der Waals surface area contributed by atoms with Gasteiger partial charge in [-0.25, -0.2) is 4.79 Å². The average molecular weight is 358 g/mol. The van der Waals surface area contributed by atoms with E-state index in [1.54, 1.807) is 11.5 Å². The van der Waals surface area contributed by atoms with Crippen LogP contribution >= 0.6 is 11.3 Å². The smallest absolute Gasteiger partial charge is 0.331 e. The van der Waals surface area contributed by atoms with Crippen LogP contribution in [0.3, 0.4) is 0 Å². The third-order valence-electron chi connectivity index (χ3n) is 3.32. The lowest BCUT2D eigenvalue weighted by Gasteiger charge is -2.12. The molecule has 1 heterocycles. The first-order chi connectivity index (χ1) is 11.9. The molecule has 0 fully saturated rings. The Kier molecular flexibility index (Phi) is 6.08. The summed E-state index contributed by atoms with van der Waals surface area (Å²) in [7, 11) is 0. The molecule has 1 atom stereocenters. The highest BCUT2D eigenvalue weighted by molar-refractivity contribution is 7.14. The van der Waals surface area contributed by atoms with Gasteiger partial charge >= 0.3 is 5.97 Å². The summed E-state index contributed by atoms with van der Waals surface area (Å²) in [6, 6.07) is 9.12. The number of carbonyl (C=O) groups excluding carboxylic acids is 3. The number of thiophene rings is 1. The van der Waals surface area contributed by atoms with Crippen molar-refractivity contribution >= 4 is 40.2 Å². The van der Waals surface area contributed by atoms with Crippen molar-refractivity contribution in [1.82, 2.24) is 0 Å². The predicted octanol–water partition coefficient (Wildman–Crippen LogP) is 2.74. The first kappa shape index (κ1) is 18.4. The molecule has 1 aromatic carbocycles. The van der Waals surface area contributed by atoms with Crippen molar-refractivity contribution in [1.29, 1.82) is 0 Å². The summed E-state index contributed by atoms with van der Waals surface area (Å²) < 4.78 is 5.06. The van der Waals surface area contributed by atoms with E-state index in [0.29, 0.717) is 5.00 Å². The van der Waals surface area contributed by atoms with Crippen LogP contribution in [0.4, 0.5) is 5.00 Å². The molecule has 0 bridgehead atoms. The van der Waals surface area contributed by atoms with E-state index in [1.807, 2.05) is 31.2 Å². The van der Waals surface area contributed by atoms with Crippen LogP contribution < -0.4 is 11.1 Å². The highest BCUT2D eigenvalue weighted by atomic mass is 32.1. The number of esters is 1. The second-order valence-electron chi connectivity index (χ2n) is 5.34. The van der Waals surface area contributed by atoms with Gasteiger partial charge in [0.05, 0.1) is 5.56 Å². The average Bonchev–Trinajstić information content (AvgIpc) is 3.02. The standard InChI is InChI=1S/C18H18N2O4S/c1-11-3-5-13(6-4-11)7-8-15(21)24-12(2)17(23)20-18-14(16(19)22)9-10-25-18/h3-10,12H,1-2H3,(H2,19,22)(H,20,23)/b8-7+/t12-/m0/s1. The molecular formula is C18H18N2O4S. The molecule has 6 nitrogen and oxygen atoms in total. The SMILES string of the molecule is Cc1ccc(/C=C/C(=O)O[C@@H](C)C(=O)Nc2sccc2C(N)=O)cc1. The third kappa shape index (κ3) is 5.29. The number of hydrogen-bond donors (Lipinski definition) is 2. The minimum Gasteiger partial charge on any atom is -0.449 e. The molecule has 0 aliphatic carbocycles. The summed E-state index contributed by atoms with van der Waals surface area (Å²) >= 11 is 1.16. The maximum Gasteiger partial charge on any atom is 0.331 e. The Morgan fingerprint density at radius 3 is 2.52 bits per heavy atom. The van der Waals surface area contributed by atoms with E-state index in [9.17, 15) is 14.4 Å². The summed E-state index contributed by atoms with van der Waals surface area (Å²) in [6.45, 7) is 3.42. The van der Waals surface area contributed by atoms with Crippen LogP contribution in [0.25, 0.3) is 6.08 Å². The Balaban J connectivity index is 1.91. The second kappa shape index (κ2) is 8.25. The Bertz CT molecular complexity index is 809. The number of benzene rings is 1. The van der Waals surface area contributed by atoms with E-state index < -0.39 is 23.9 Å². The molecule has 0 saturated carbocycles. The zero-order valence-electron chi connectivity index (χ0n) is 13.8. The summed E-state index contributed by atoms with van der Waals surface area (Å²) in [5, 5.41) is 4.50. The van der Waals surface area contributed by atoms with Gasteiger partial charge in [0, 0.05) is 6.08 Å². The fourth-order valence-electron chi connectivity index (χ4n) is 1.92. The summed E-state index contributed by atoms with van der Waals surface area (Å²) in [4.78, 5) is 35.1. The van der Waals surface area contributed by atoms with Crippen LogP contribution in [0.1, 0.15) is 28.4 Å². The molecule has 0 unspecified atom stereocenters. The van der Waals surface area contributed by atoms with Gasteiger partial charge in [-0.15, -0.1) is 11.3 Å². The van der Waals surface area contributed by atoms with E-state index in [4.69, 9.17) is 10.5 Å². The van der Waals surface area contributed by atoms with E-state index in [1.165, 1.54) is 19.1 Å². The first-order valence-corrected chi connectivity index (χ1v) is 8.38. The number of hydrogen-bond acceptors (Lipinski definition) is 5. The lowest BCUT2D eigenvalue weighted by atomic mass is 10.1. The molecule has 0 radical (unpaired) electrons. The van der Waals surface area contributed by atoms with Crippen molar-refractivity contribution in [2.24, 2.45) is 5.73 Å². The van der Waals surface area contributed by atoms with Crippen LogP contribution in [0, 0.1) is 6.92 Å². The van der Waals surface area contributed by atoms with Gasteiger partial charge in [0.1, 0.15) is 5.00 Å². The molecule has 7 heteroatoms. The van der Waals surface area contributed by atoms with E-state index in [0.717, 1.165) is 22.5 Å². The number of primary amides is 1. The molecule has 0 aliphatic rings. The lowest BCUT2D eigenvalue weighted by Crippen LogP contribution is -2.29. The van der Waals surface area contributed by atoms with Gasteiger partial charge in [-0.05, 0) is 36.9 Å². The van der Waals surface area contributed by atoms with E-state index >= 15 is 0 Å². The maximum atomic E-state index is 12.1. The second-order valence-corrected chi connectivity index (χ2v) is 6.26. The Hall–Kier alpha value is -2.93. The zero-order chi connectivity index (χ0) is 18.4. The molecule has 0 spiro atoms. The molecule has 2 aromatic rings. The number of carbonyl (C=O) groups is 3. The van der Waals surface area contributed by atoms with Crippen molar-refractivity contribution < 1.29 is 19.1 Å². The lowest BCUT2D eigenvalue weighted by molar-refractivity contribution is -0.148. The highest BCUT2D eigenvalue weighted by Gasteiger charge is 2.19. The molecular weight excluding hydrogens is 340 g/mol. The minimum atomic E-state index is -1.02. The zero-order valence-corrected chi connectivity index (χ0v) is 14.6. The molecule has 130 valence electrons. The van der Waals surface area contributed by atoms with Crippen LogP contribution in [-0.2, 0) is 14.3 Å². The highest BCUT2D eigenvalue weighted by Crippen LogP contribution is 2.23. The summed E-state index contributed by atoms with van der Waals surface area (Å²) in [5.74, 6) is -1.81. The minimum absolute atomic E-state index is 0.219. The van der Waals surface area contributed by atoms with E-state index in [-0.39, 0.29) is 5.56 Å². The van der Waals surface area contributed by atoms with Crippen LogP contribution in [0.2, 0.25) is 0 Å². The molecule has 2 rings (SSSR count). The van der Waals surface area contributed by atoms with Crippen LogP contribution in [0.15, 0.2) is 41.8 Å². The number of amides is 2. The monoisotopic (exact) mass is 358 g/mol. The normalized spacial score (nSPS) is 11.9. The maximum absolute atomic E-state index is 12.1. The molecule has 0 aliphatic heterocycles. The number of nitrogens with two attached hydrogens (primary N) is 1. The molecule has 0 saturated heterocycles. The van der Waals surface area contributed by atoms with Crippen molar-refractivity contribution in [2.75, 3.05) is 5.32 Å². The van der Waals surface area contributed by atoms with Crippen LogP contribution in [0.5, 0.6) is 0 Å². The van der Waals surface area contributed by atoms with Gasteiger partial charge < -0.3 is 15.8 Å². The van der Waals surface area contributed by atoms with Gasteiger partial charge in [-0.2, -0.15) is 0 Å². The number of nitrogens with one attached hydrogen (secondary N) is 1. The molecule has 1 aromatic heterocycles. The molecule has 25 heavy (non-hydrogen) atoms. The fraction of sp³-hybridized carbons (Fsp3) is 0.167. The van der Waals surface area contributed by atoms with Crippen molar-refractivity contribution in [3.8, 4) is 0 Å². The molecule has 2 amide bonds. The van der Waals surface area contributed by atoms with Gasteiger partial charge in [0.2, 0.25) is 0 Å². The predicted molar refractivity (Wildman–Crippen MR) is 97.2 cm³/mol. The number of aryl methyl sites for hydroxylation is 1. The fourth-order valence-corrected chi connectivity index (χ4v) is 2.72. The van der Waals surface area contributed by atoms with Gasteiger partial charge in [0.15, 0.2) is 6.10 Å². The Morgan fingerprint density at radius 1 is 1.20 bits per heavy atom. The largest absolute Gasteiger partial charge is 0.449 e. The van der Waals surface area contributed by atoms with Crippen molar-refractivity contribution in [3.63, 3.8) is 0 Å². The van der Waals surface area contributed by atoms with Crippen molar-refractivity contribution in [3.05, 3.63) is 58.5 Å². The van der Waals surface area contributed by atoms with Crippen molar-refractivity contribution in [2.45, 2.75) is 20.0 Å². The number of rotatable bonds is 6. The van der Waals surface area contributed by atoms with Crippen LogP contribution in [-0.4, -0.2) is 23.9 Å². The Labute approximate surface area is 149 Å². The third-order valence-corrected chi connectivity index (χ3v) is 4.15. The summed E-state index contributed by atoms with van der Waals surface area (Å²) in [6.07, 6.45) is 1.85. The topological polar surface area (TPSA) is 98.5 Å². The number of ether oxygens (including phenoxy) is 1. The van der Waals surface area contributed by atoms with E-state index in [2.05, 4.69) is 5.32 Å². The number of anilines is 1. The molecule has 3 N–H and O–H groups in total.